The Morgan fingerprint density at radius 1 is 1.40 bits per heavy atom. The topological polar surface area (TPSA) is 75.4 Å². The number of aliphatic hydroxyl groups excluding tert-OH is 1. The Hall–Kier alpha value is -0.870. The van der Waals surface area contributed by atoms with E-state index in [0.717, 1.165) is 25.7 Å². The van der Waals surface area contributed by atoms with Crippen LogP contribution in [-0.4, -0.2) is 30.2 Å². The summed E-state index contributed by atoms with van der Waals surface area (Å²) in [6, 6.07) is -0.472. The van der Waals surface area contributed by atoms with Crippen molar-refractivity contribution in [2.45, 2.75) is 38.1 Å². The molecule has 0 aromatic rings. The fraction of sp³-hybridized carbons (Fsp3) is 0.727. The molecule has 0 saturated carbocycles. The molecule has 0 aliphatic rings. The number of carbonyl (C=O) groups is 1. The van der Waals surface area contributed by atoms with Crippen LogP contribution in [0.1, 0.15) is 32.1 Å². The summed E-state index contributed by atoms with van der Waals surface area (Å²) in [6.45, 7) is 4.44. The highest BCUT2D eigenvalue weighted by atomic mass is 16.2. The Balaban J connectivity index is 3.34. The van der Waals surface area contributed by atoms with E-state index in [4.69, 9.17) is 10.8 Å². The Morgan fingerprint density at radius 2 is 2.07 bits per heavy atom. The number of carbonyl (C=O) groups excluding carboxylic acids is 1. The van der Waals surface area contributed by atoms with Crippen LogP contribution in [0.4, 0.5) is 0 Å². The molecule has 0 heterocycles. The van der Waals surface area contributed by atoms with Gasteiger partial charge in [-0.05, 0) is 19.3 Å². The smallest absolute Gasteiger partial charge is 0.237 e. The summed E-state index contributed by atoms with van der Waals surface area (Å²) in [4.78, 5) is 11.3. The number of nitrogens with one attached hydrogen (secondary N) is 1. The van der Waals surface area contributed by atoms with Crippen LogP contribution in [0.25, 0.3) is 0 Å². The lowest BCUT2D eigenvalue weighted by atomic mass is 10.2. The summed E-state index contributed by atoms with van der Waals surface area (Å²) in [5, 5.41) is 11.3. The van der Waals surface area contributed by atoms with Gasteiger partial charge in [0.1, 0.15) is 0 Å². The van der Waals surface area contributed by atoms with Gasteiger partial charge in [0.15, 0.2) is 0 Å². The lowest BCUT2D eigenvalue weighted by Gasteiger charge is -2.09. The summed E-state index contributed by atoms with van der Waals surface area (Å²) in [5.41, 5.74) is 5.57. The third-order valence-electron chi connectivity index (χ3n) is 2.14. The van der Waals surface area contributed by atoms with Crippen molar-refractivity contribution >= 4 is 5.91 Å². The standard InChI is InChI=1S/C11H22N2O2/c1-2-7-10(12)11(15)13-8-5-3-4-6-9-14/h2,10,14H,1,3-9,12H2,(H,13,15). The second kappa shape index (κ2) is 9.68. The number of hydrogen-bond donors (Lipinski definition) is 3. The van der Waals surface area contributed by atoms with Crippen molar-refractivity contribution in [3.8, 4) is 0 Å². The van der Waals surface area contributed by atoms with Gasteiger partial charge in [0.05, 0.1) is 6.04 Å². The molecule has 0 aliphatic carbocycles. The molecule has 0 spiro atoms. The minimum atomic E-state index is -0.472. The summed E-state index contributed by atoms with van der Waals surface area (Å²) in [5.74, 6) is -0.114. The maximum atomic E-state index is 11.3. The van der Waals surface area contributed by atoms with Crippen molar-refractivity contribution < 1.29 is 9.90 Å². The molecule has 88 valence electrons. The van der Waals surface area contributed by atoms with Gasteiger partial charge in [0, 0.05) is 13.2 Å². The van der Waals surface area contributed by atoms with Crippen LogP contribution >= 0.6 is 0 Å². The molecule has 0 bridgehead atoms. The van der Waals surface area contributed by atoms with E-state index in [2.05, 4.69) is 11.9 Å². The number of unbranched alkanes of at least 4 members (excludes halogenated alkanes) is 3. The lowest BCUT2D eigenvalue weighted by molar-refractivity contribution is -0.122. The molecule has 0 aromatic heterocycles. The summed E-state index contributed by atoms with van der Waals surface area (Å²) >= 11 is 0. The molecule has 4 N–H and O–H groups in total. The first-order valence-electron chi connectivity index (χ1n) is 5.47. The summed E-state index contributed by atoms with van der Waals surface area (Å²) in [6.07, 6.45) is 5.96. The Morgan fingerprint density at radius 3 is 2.67 bits per heavy atom. The molecule has 1 unspecified atom stereocenters. The zero-order valence-electron chi connectivity index (χ0n) is 9.24. The maximum absolute atomic E-state index is 11.3. The second-order valence-electron chi connectivity index (χ2n) is 3.56. The van der Waals surface area contributed by atoms with E-state index in [9.17, 15) is 4.79 Å². The minimum Gasteiger partial charge on any atom is -0.396 e. The van der Waals surface area contributed by atoms with Crippen molar-refractivity contribution in [2.24, 2.45) is 5.73 Å². The molecule has 0 radical (unpaired) electrons. The van der Waals surface area contributed by atoms with Crippen molar-refractivity contribution in [3.63, 3.8) is 0 Å². The van der Waals surface area contributed by atoms with E-state index in [1.54, 1.807) is 6.08 Å². The first-order chi connectivity index (χ1) is 7.22. The summed E-state index contributed by atoms with van der Waals surface area (Å²) < 4.78 is 0. The number of amides is 1. The zero-order chi connectivity index (χ0) is 11.5. The van der Waals surface area contributed by atoms with Gasteiger partial charge in [-0.2, -0.15) is 0 Å². The van der Waals surface area contributed by atoms with Crippen LogP contribution in [0.3, 0.4) is 0 Å². The number of nitrogens with two attached hydrogens (primary N) is 1. The van der Waals surface area contributed by atoms with Crippen LogP contribution in [0, 0.1) is 0 Å². The molecule has 0 fully saturated rings. The molecule has 0 saturated heterocycles. The first kappa shape index (κ1) is 14.1. The third-order valence-corrected chi connectivity index (χ3v) is 2.14. The molecule has 1 atom stereocenters. The van der Waals surface area contributed by atoms with Gasteiger partial charge >= 0.3 is 0 Å². The van der Waals surface area contributed by atoms with Crippen LogP contribution in [0.15, 0.2) is 12.7 Å². The summed E-state index contributed by atoms with van der Waals surface area (Å²) in [7, 11) is 0. The van der Waals surface area contributed by atoms with Gasteiger partial charge in [-0.3, -0.25) is 4.79 Å². The normalized spacial score (nSPS) is 12.1. The van der Waals surface area contributed by atoms with Crippen molar-refractivity contribution in [1.29, 1.82) is 0 Å². The third kappa shape index (κ3) is 8.15. The highest BCUT2D eigenvalue weighted by Crippen LogP contribution is 1.97. The van der Waals surface area contributed by atoms with Gasteiger partial charge in [-0.15, -0.1) is 6.58 Å². The van der Waals surface area contributed by atoms with E-state index in [1.165, 1.54) is 0 Å². The Kier molecular flexibility index (Phi) is 9.11. The average Bonchev–Trinajstić information content (AvgIpc) is 2.23. The van der Waals surface area contributed by atoms with Gasteiger partial charge in [-0.25, -0.2) is 0 Å². The van der Waals surface area contributed by atoms with Gasteiger partial charge in [-0.1, -0.05) is 18.9 Å². The molecule has 15 heavy (non-hydrogen) atoms. The van der Waals surface area contributed by atoms with Crippen LogP contribution in [-0.2, 0) is 4.79 Å². The maximum Gasteiger partial charge on any atom is 0.237 e. The quantitative estimate of drug-likeness (QED) is 0.388. The Labute approximate surface area is 91.5 Å². The van der Waals surface area contributed by atoms with E-state index >= 15 is 0 Å². The molecule has 1 amide bonds. The fourth-order valence-electron chi connectivity index (χ4n) is 1.22. The van der Waals surface area contributed by atoms with E-state index in [1.807, 2.05) is 0 Å². The number of rotatable bonds is 9. The van der Waals surface area contributed by atoms with Crippen LogP contribution in [0.2, 0.25) is 0 Å². The predicted molar refractivity (Wildman–Crippen MR) is 61.4 cm³/mol. The monoisotopic (exact) mass is 214 g/mol. The molecule has 4 heteroatoms. The average molecular weight is 214 g/mol. The minimum absolute atomic E-state index is 0.114. The largest absolute Gasteiger partial charge is 0.396 e. The highest BCUT2D eigenvalue weighted by molar-refractivity contribution is 5.81. The molecule has 0 aromatic carbocycles. The van der Waals surface area contributed by atoms with Gasteiger partial charge in [0.2, 0.25) is 5.91 Å². The SMILES string of the molecule is C=CCC(N)C(=O)NCCCCCCO. The predicted octanol–water partition coefficient (Wildman–Crippen LogP) is 0.559. The van der Waals surface area contributed by atoms with E-state index < -0.39 is 6.04 Å². The van der Waals surface area contributed by atoms with Gasteiger partial charge in [0.25, 0.3) is 0 Å². The molecule has 4 nitrogen and oxygen atoms in total. The molecule has 0 aliphatic heterocycles. The van der Waals surface area contributed by atoms with Crippen molar-refractivity contribution in [3.05, 3.63) is 12.7 Å². The van der Waals surface area contributed by atoms with Crippen molar-refractivity contribution in [1.82, 2.24) is 5.32 Å². The number of hydrogen-bond acceptors (Lipinski definition) is 3. The zero-order valence-corrected chi connectivity index (χ0v) is 9.24. The number of aliphatic hydroxyl groups is 1. The van der Waals surface area contributed by atoms with Crippen LogP contribution in [0.5, 0.6) is 0 Å². The van der Waals surface area contributed by atoms with Crippen molar-refractivity contribution in [2.75, 3.05) is 13.2 Å². The fourth-order valence-corrected chi connectivity index (χ4v) is 1.22. The van der Waals surface area contributed by atoms with Gasteiger partial charge < -0.3 is 16.2 Å². The first-order valence-corrected chi connectivity index (χ1v) is 5.47. The van der Waals surface area contributed by atoms with E-state index in [0.29, 0.717) is 13.0 Å². The van der Waals surface area contributed by atoms with E-state index in [-0.39, 0.29) is 12.5 Å². The lowest BCUT2D eigenvalue weighted by Crippen LogP contribution is -2.40. The van der Waals surface area contributed by atoms with Crippen LogP contribution < -0.4 is 11.1 Å². The highest BCUT2D eigenvalue weighted by Gasteiger charge is 2.09. The molecular weight excluding hydrogens is 192 g/mol. The second-order valence-corrected chi connectivity index (χ2v) is 3.56. The molecule has 0 rings (SSSR count). The molecular formula is C11H22N2O2. The Bertz CT molecular complexity index is 183.